The normalized spacial score (nSPS) is 11.1. The van der Waals surface area contributed by atoms with Crippen LogP contribution in [0.15, 0.2) is 59.7 Å². The average Bonchev–Trinajstić information content (AvgIpc) is 3.56. The van der Waals surface area contributed by atoms with Crippen molar-refractivity contribution in [2.75, 3.05) is 12.4 Å². The molecule has 2 aromatic carbocycles. The van der Waals surface area contributed by atoms with Crippen LogP contribution in [-0.4, -0.2) is 58.0 Å². The fraction of sp³-hybridized carbons (Fsp3) is 0.125. The number of imidazole rings is 1. The summed E-state index contributed by atoms with van der Waals surface area (Å²) in [6.45, 7) is 0.0851. The number of methoxy groups -OCH3 is 1. The van der Waals surface area contributed by atoms with Crippen LogP contribution in [-0.2, 0) is 17.9 Å². The molecule has 198 valence electrons. The van der Waals surface area contributed by atoms with Crippen LogP contribution in [0.4, 0.5) is 10.5 Å². The van der Waals surface area contributed by atoms with Crippen molar-refractivity contribution in [1.82, 2.24) is 39.7 Å². The molecule has 15 heteroatoms. The Bertz CT molecular complexity index is 1700. The molecule has 0 saturated heterocycles. The van der Waals surface area contributed by atoms with E-state index >= 15 is 0 Å². The Morgan fingerprint density at radius 3 is 2.62 bits per heavy atom. The molecule has 13 nitrogen and oxygen atoms in total. The van der Waals surface area contributed by atoms with E-state index in [1.807, 2.05) is 0 Å². The van der Waals surface area contributed by atoms with Gasteiger partial charge in [0.15, 0.2) is 5.15 Å². The predicted molar refractivity (Wildman–Crippen MR) is 142 cm³/mol. The van der Waals surface area contributed by atoms with Gasteiger partial charge in [-0.25, -0.2) is 14.8 Å². The van der Waals surface area contributed by atoms with E-state index in [1.54, 1.807) is 42.5 Å². The van der Waals surface area contributed by atoms with Gasteiger partial charge in [0, 0.05) is 35.0 Å². The van der Waals surface area contributed by atoms with E-state index in [4.69, 9.17) is 33.0 Å². The van der Waals surface area contributed by atoms with Gasteiger partial charge in [-0.15, -0.1) is 5.10 Å². The Labute approximate surface area is 230 Å². The van der Waals surface area contributed by atoms with Gasteiger partial charge < -0.3 is 14.8 Å². The van der Waals surface area contributed by atoms with E-state index in [2.05, 4.69) is 35.8 Å². The second-order valence-corrected chi connectivity index (χ2v) is 8.98. The van der Waals surface area contributed by atoms with Crippen molar-refractivity contribution in [3.63, 3.8) is 0 Å². The summed E-state index contributed by atoms with van der Waals surface area (Å²) in [6, 6.07) is 13.1. The molecule has 5 aromatic rings. The van der Waals surface area contributed by atoms with E-state index in [1.165, 1.54) is 28.8 Å². The lowest BCUT2D eigenvalue weighted by Gasteiger charge is -2.14. The SMILES string of the molecule is COCc1nc(-c2cc(Cl)ccc2-n2cnnn2)cc(=O)n1Cc1nc(Cl)c(-c2ccc(NC(=O)O)cc2)[nH]1. The van der Waals surface area contributed by atoms with Crippen LogP contribution in [0, 0.1) is 0 Å². The van der Waals surface area contributed by atoms with Gasteiger partial charge in [-0.2, -0.15) is 4.68 Å². The summed E-state index contributed by atoms with van der Waals surface area (Å²) < 4.78 is 8.20. The highest BCUT2D eigenvalue weighted by atomic mass is 35.5. The van der Waals surface area contributed by atoms with Crippen LogP contribution >= 0.6 is 23.2 Å². The predicted octanol–water partition coefficient (Wildman–Crippen LogP) is 3.87. The van der Waals surface area contributed by atoms with Crippen LogP contribution in [0.5, 0.6) is 0 Å². The van der Waals surface area contributed by atoms with Crippen LogP contribution in [0.3, 0.4) is 0 Å². The molecule has 0 spiro atoms. The fourth-order valence-corrected chi connectivity index (χ4v) is 4.37. The highest BCUT2D eigenvalue weighted by Crippen LogP contribution is 2.29. The lowest BCUT2D eigenvalue weighted by Crippen LogP contribution is -2.26. The summed E-state index contributed by atoms with van der Waals surface area (Å²) in [5, 5.41) is 23.1. The number of aromatic amines is 1. The standard InChI is InChI=1S/C24H19Cl2N9O4/c1-39-11-20-29-17(16-8-14(25)4-7-18(16)35-12-27-32-33-35)9-21(36)34(20)10-19-30-22(23(26)31-19)13-2-5-15(6-3-13)28-24(37)38/h2-9,12,28H,10-11H2,1H3,(H,30,31)(H,37,38). The topological polar surface area (TPSA) is 166 Å². The molecule has 0 unspecified atom stereocenters. The number of aromatic nitrogens is 8. The van der Waals surface area contributed by atoms with Crippen molar-refractivity contribution in [3.05, 3.63) is 87.0 Å². The summed E-state index contributed by atoms with van der Waals surface area (Å²) in [5.41, 5.74) is 2.77. The van der Waals surface area contributed by atoms with Crippen LogP contribution in [0.1, 0.15) is 11.6 Å². The number of rotatable bonds is 8. The Balaban J connectivity index is 1.50. The molecule has 3 aromatic heterocycles. The quantitative estimate of drug-likeness (QED) is 0.252. The van der Waals surface area contributed by atoms with Crippen molar-refractivity contribution in [2.24, 2.45) is 0 Å². The van der Waals surface area contributed by atoms with Gasteiger partial charge in [-0.1, -0.05) is 35.3 Å². The number of hydrogen-bond acceptors (Lipinski definition) is 8. The zero-order valence-corrected chi connectivity index (χ0v) is 21.7. The van der Waals surface area contributed by atoms with Gasteiger partial charge in [0.2, 0.25) is 0 Å². The van der Waals surface area contributed by atoms with Gasteiger partial charge in [0.05, 0.1) is 23.6 Å². The summed E-state index contributed by atoms with van der Waals surface area (Å²) >= 11 is 12.6. The molecule has 3 N–H and O–H groups in total. The maximum Gasteiger partial charge on any atom is 0.409 e. The first-order valence-corrected chi connectivity index (χ1v) is 12.1. The lowest BCUT2D eigenvalue weighted by molar-refractivity contribution is 0.173. The third-order valence-electron chi connectivity index (χ3n) is 5.63. The number of nitrogens with one attached hydrogen (secondary N) is 2. The van der Waals surface area contributed by atoms with Gasteiger partial charge in [0.1, 0.15) is 24.6 Å². The molecule has 0 aliphatic carbocycles. The Morgan fingerprint density at radius 1 is 1.13 bits per heavy atom. The van der Waals surface area contributed by atoms with E-state index in [0.717, 1.165) is 0 Å². The summed E-state index contributed by atoms with van der Waals surface area (Å²) in [5.74, 6) is 0.759. The molecule has 0 radical (unpaired) electrons. The minimum atomic E-state index is -1.16. The third kappa shape index (κ3) is 5.65. The van der Waals surface area contributed by atoms with E-state index in [0.29, 0.717) is 50.6 Å². The average molecular weight is 568 g/mol. The first kappa shape index (κ1) is 26.0. The molecule has 0 aliphatic rings. The molecule has 0 fully saturated rings. The summed E-state index contributed by atoms with van der Waals surface area (Å²) in [6.07, 6.45) is 0.266. The summed E-state index contributed by atoms with van der Waals surface area (Å²) in [7, 11) is 1.50. The zero-order valence-electron chi connectivity index (χ0n) is 20.2. The highest BCUT2D eigenvalue weighted by molar-refractivity contribution is 6.32. The van der Waals surface area contributed by atoms with Crippen LogP contribution in [0.2, 0.25) is 10.2 Å². The highest BCUT2D eigenvalue weighted by Gasteiger charge is 2.18. The zero-order chi connectivity index (χ0) is 27.5. The first-order valence-electron chi connectivity index (χ1n) is 11.3. The molecule has 3 heterocycles. The number of tetrazole rings is 1. The van der Waals surface area contributed by atoms with E-state index in [9.17, 15) is 9.59 Å². The lowest BCUT2D eigenvalue weighted by atomic mass is 10.1. The second kappa shape index (κ2) is 11.0. The number of halogens is 2. The molecule has 0 saturated carbocycles. The molecule has 5 rings (SSSR count). The Morgan fingerprint density at radius 2 is 1.92 bits per heavy atom. The number of nitrogens with zero attached hydrogens (tertiary/aromatic N) is 7. The monoisotopic (exact) mass is 567 g/mol. The van der Waals surface area contributed by atoms with E-state index in [-0.39, 0.29) is 23.9 Å². The third-order valence-corrected chi connectivity index (χ3v) is 6.14. The molecule has 0 aliphatic heterocycles. The van der Waals surface area contributed by atoms with Crippen molar-refractivity contribution in [2.45, 2.75) is 13.2 Å². The van der Waals surface area contributed by atoms with Crippen molar-refractivity contribution in [1.29, 1.82) is 0 Å². The number of H-pyrrole nitrogens is 1. The molecular weight excluding hydrogens is 549 g/mol. The number of anilines is 1. The van der Waals surface area contributed by atoms with Gasteiger partial charge >= 0.3 is 6.09 Å². The number of amides is 1. The van der Waals surface area contributed by atoms with Crippen LogP contribution in [0.25, 0.3) is 28.2 Å². The number of carbonyl (C=O) groups is 1. The van der Waals surface area contributed by atoms with Gasteiger partial charge in [0.25, 0.3) is 5.56 Å². The number of ether oxygens (including phenoxy) is 1. The van der Waals surface area contributed by atoms with Crippen LogP contribution < -0.4 is 10.9 Å². The number of carboxylic acid groups (broad SMARTS) is 1. The molecule has 0 bridgehead atoms. The molecule has 39 heavy (non-hydrogen) atoms. The Hall–Kier alpha value is -4.59. The number of benzene rings is 2. The number of hydrogen-bond donors (Lipinski definition) is 3. The maximum absolute atomic E-state index is 13.3. The van der Waals surface area contributed by atoms with Crippen molar-refractivity contribution < 1.29 is 14.6 Å². The first-order chi connectivity index (χ1) is 18.8. The molecular formula is C24H19Cl2N9O4. The molecule has 1 amide bonds. The maximum atomic E-state index is 13.3. The second-order valence-electron chi connectivity index (χ2n) is 8.19. The van der Waals surface area contributed by atoms with E-state index < -0.39 is 6.09 Å². The van der Waals surface area contributed by atoms with Gasteiger partial charge in [-0.05, 0) is 40.8 Å². The fourth-order valence-electron chi connectivity index (χ4n) is 3.94. The minimum absolute atomic E-state index is 0.0403. The summed E-state index contributed by atoms with van der Waals surface area (Å²) in [4.78, 5) is 36.4. The molecule has 0 atom stereocenters. The largest absolute Gasteiger partial charge is 0.465 e. The Kier molecular flexibility index (Phi) is 7.36. The minimum Gasteiger partial charge on any atom is -0.465 e. The van der Waals surface area contributed by atoms with Crippen molar-refractivity contribution in [3.8, 4) is 28.2 Å². The smallest absolute Gasteiger partial charge is 0.409 e. The van der Waals surface area contributed by atoms with Crippen molar-refractivity contribution >= 4 is 35.0 Å². The van der Waals surface area contributed by atoms with Gasteiger partial charge in [-0.3, -0.25) is 14.7 Å².